The minimum Gasteiger partial charge on any atom is -0.440 e. The third kappa shape index (κ3) is 3.95. The smallest absolute Gasteiger partial charge is 0.387 e. The lowest BCUT2D eigenvalue weighted by Crippen LogP contribution is -2.26. The van der Waals surface area contributed by atoms with E-state index in [-0.39, 0.29) is 16.7 Å². The zero-order chi connectivity index (χ0) is 15.4. The second-order valence-electron chi connectivity index (χ2n) is 4.22. The van der Waals surface area contributed by atoms with Gasteiger partial charge in [0.15, 0.2) is 11.0 Å². The second-order valence-corrected chi connectivity index (χ2v) is 4.59. The first-order valence-electron chi connectivity index (χ1n) is 6.07. The number of amides is 1. The van der Waals surface area contributed by atoms with Gasteiger partial charge in [0.05, 0.1) is 6.04 Å². The Morgan fingerprint density at radius 1 is 1.29 bits per heavy atom. The van der Waals surface area contributed by atoms with Gasteiger partial charge < -0.3 is 14.5 Å². The Kier molecular flexibility index (Phi) is 4.80. The Balaban J connectivity index is 2.13. The molecule has 2 rings (SSSR count). The molecule has 0 fully saturated rings. The third-order valence-electron chi connectivity index (χ3n) is 2.75. The van der Waals surface area contributed by atoms with Crippen LogP contribution in [0.25, 0.3) is 0 Å². The van der Waals surface area contributed by atoms with Crippen LogP contribution in [0.5, 0.6) is 5.75 Å². The minimum absolute atomic E-state index is 0.0118. The Hall–Kier alpha value is -2.08. The molecular formula is C14H12ClF2NO3. The van der Waals surface area contributed by atoms with Crippen molar-refractivity contribution in [1.82, 2.24) is 5.32 Å². The summed E-state index contributed by atoms with van der Waals surface area (Å²) in [4.78, 5) is 11.9. The Labute approximate surface area is 124 Å². The summed E-state index contributed by atoms with van der Waals surface area (Å²) in [5, 5.41) is 2.72. The van der Waals surface area contributed by atoms with Crippen LogP contribution in [0.2, 0.25) is 5.22 Å². The zero-order valence-electron chi connectivity index (χ0n) is 11.0. The van der Waals surface area contributed by atoms with Gasteiger partial charge in [-0.15, -0.1) is 0 Å². The monoisotopic (exact) mass is 315 g/mol. The summed E-state index contributed by atoms with van der Waals surface area (Å²) in [5.41, 5.74) is 0.434. The molecule has 1 atom stereocenters. The lowest BCUT2D eigenvalue weighted by Gasteiger charge is -2.17. The molecule has 0 spiro atoms. The number of para-hydroxylation sites is 1. The summed E-state index contributed by atoms with van der Waals surface area (Å²) in [6.45, 7) is -1.28. The second kappa shape index (κ2) is 6.58. The number of rotatable bonds is 5. The van der Waals surface area contributed by atoms with E-state index >= 15 is 0 Å². The summed E-state index contributed by atoms with van der Waals surface area (Å²) in [5.74, 6) is -0.446. The van der Waals surface area contributed by atoms with Crippen molar-refractivity contribution in [3.63, 3.8) is 0 Å². The molecular weight excluding hydrogens is 304 g/mol. The van der Waals surface area contributed by atoms with Crippen molar-refractivity contribution in [2.24, 2.45) is 0 Å². The average Bonchev–Trinajstić information content (AvgIpc) is 2.85. The predicted molar refractivity (Wildman–Crippen MR) is 72.7 cm³/mol. The van der Waals surface area contributed by atoms with Crippen LogP contribution in [0, 0.1) is 0 Å². The molecule has 0 bridgehead atoms. The highest BCUT2D eigenvalue weighted by Crippen LogP contribution is 2.26. The van der Waals surface area contributed by atoms with E-state index in [9.17, 15) is 13.6 Å². The quantitative estimate of drug-likeness (QED) is 0.906. The van der Waals surface area contributed by atoms with E-state index in [1.165, 1.54) is 18.2 Å². The molecule has 1 aromatic carbocycles. The molecule has 0 aliphatic rings. The van der Waals surface area contributed by atoms with Crippen molar-refractivity contribution >= 4 is 17.5 Å². The van der Waals surface area contributed by atoms with Gasteiger partial charge in [-0.25, -0.2) is 0 Å². The van der Waals surface area contributed by atoms with Gasteiger partial charge in [-0.05, 0) is 36.7 Å². The van der Waals surface area contributed by atoms with Gasteiger partial charge in [-0.1, -0.05) is 18.2 Å². The standard InChI is InChI=1S/C14H12ClF2NO3/c1-8(18-13(19)11-6-7-12(15)20-11)9-4-2-3-5-10(9)21-14(16)17/h2-8,14H,1H3,(H,18,19). The van der Waals surface area contributed by atoms with Crippen LogP contribution < -0.4 is 10.1 Å². The Morgan fingerprint density at radius 2 is 2.00 bits per heavy atom. The molecule has 0 radical (unpaired) electrons. The molecule has 112 valence electrons. The molecule has 21 heavy (non-hydrogen) atoms. The largest absolute Gasteiger partial charge is 0.440 e. The van der Waals surface area contributed by atoms with Gasteiger partial charge in [-0.2, -0.15) is 8.78 Å². The molecule has 1 aromatic heterocycles. The van der Waals surface area contributed by atoms with E-state index in [1.807, 2.05) is 0 Å². The number of carbonyl (C=O) groups excluding carboxylic acids is 1. The van der Waals surface area contributed by atoms with Crippen molar-refractivity contribution in [2.75, 3.05) is 0 Å². The number of alkyl halides is 2. The van der Waals surface area contributed by atoms with Crippen molar-refractivity contribution in [1.29, 1.82) is 0 Å². The van der Waals surface area contributed by atoms with Gasteiger partial charge in [0.1, 0.15) is 5.75 Å². The van der Waals surface area contributed by atoms with Gasteiger partial charge in [-0.3, -0.25) is 4.79 Å². The minimum atomic E-state index is -2.93. The average molecular weight is 316 g/mol. The van der Waals surface area contributed by atoms with E-state index in [0.29, 0.717) is 5.56 Å². The molecule has 4 nitrogen and oxygen atoms in total. The summed E-state index contributed by atoms with van der Waals surface area (Å²) >= 11 is 5.59. The van der Waals surface area contributed by atoms with E-state index < -0.39 is 18.6 Å². The van der Waals surface area contributed by atoms with E-state index in [1.54, 1.807) is 25.1 Å². The van der Waals surface area contributed by atoms with Crippen molar-refractivity contribution < 1.29 is 22.7 Å². The van der Waals surface area contributed by atoms with Crippen LogP contribution >= 0.6 is 11.6 Å². The zero-order valence-corrected chi connectivity index (χ0v) is 11.7. The third-order valence-corrected chi connectivity index (χ3v) is 2.95. The highest BCUT2D eigenvalue weighted by molar-refractivity contribution is 6.29. The highest BCUT2D eigenvalue weighted by atomic mass is 35.5. The number of carbonyl (C=O) groups is 1. The van der Waals surface area contributed by atoms with Crippen LogP contribution in [0.4, 0.5) is 8.78 Å². The van der Waals surface area contributed by atoms with Crippen molar-refractivity contribution in [2.45, 2.75) is 19.6 Å². The first-order chi connectivity index (χ1) is 9.97. The molecule has 2 aromatic rings. The molecule has 0 aliphatic carbocycles. The number of halogens is 3. The topological polar surface area (TPSA) is 51.5 Å². The van der Waals surface area contributed by atoms with E-state index in [0.717, 1.165) is 0 Å². The fourth-order valence-corrected chi connectivity index (χ4v) is 1.97. The lowest BCUT2D eigenvalue weighted by atomic mass is 10.1. The molecule has 0 saturated carbocycles. The van der Waals surface area contributed by atoms with Gasteiger partial charge in [0.25, 0.3) is 5.91 Å². The molecule has 1 N–H and O–H groups in total. The number of hydrogen-bond acceptors (Lipinski definition) is 3. The van der Waals surface area contributed by atoms with Gasteiger partial charge in [0.2, 0.25) is 0 Å². The maximum absolute atomic E-state index is 12.4. The number of nitrogens with one attached hydrogen (secondary N) is 1. The van der Waals surface area contributed by atoms with E-state index in [4.69, 9.17) is 16.0 Å². The number of ether oxygens (including phenoxy) is 1. The van der Waals surface area contributed by atoms with E-state index in [2.05, 4.69) is 10.1 Å². The SMILES string of the molecule is CC(NC(=O)c1ccc(Cl)o1)c1ccccc1OC(F)F. The number of hydrogen-bond donors (Lipinski definition) is 1. The lowest BCUT2D eigenvalue weighted by molar-refractivity contribution is -0.0506. The van der Waals surface area contributed by atoms with Gasteiger partial charge >= 0.3 is 6.61 Å². The number of benzene rings is 1. The first kappa shape index (κ1) is 15.3. The molecule has 0 aliphatic heterocycles. The molecule has 0 saturated heterocycles. The Morgan fingerprint density at radius 3 is 2.62 bits per heavy atom. The summed E-state index contributed by atoms with van der Waals surface area (Å²) in [6.07, 6.45) is 0. The molecule has 1 heterocycles. The first-order valence-corrected chi connectivity index (χ1v) is 6.45. The van der Waals surface area contributed by atoms with Crippen LogP contribution in [0.1, 0.15) is 29.1 Å². The number of furan rings is 1. The van der Waals surface area contributed by atoms with Crippen LogP contribution in [-0.4, -0.2) is 12.5 Å². The highest BCUT2D eigenvalue weighted by Gasteiger charge is 2.18. The molecule has 1 unspecified atom stereocenters. The van der Waals surface area contributed by atoms with Crippen LogP contribution in [0.15, 0.2) is 40.8 Å². The molecule has 7 heteroatoms. The fourth-order valence-electron chi connectivity index (χ4n) is 1.82. The Bertz CT molecular complexity index is 630. The predicted octanol–water partition coefficient (Wildman–Crippen LogP) is 4.03. The summed E-state index contributed by atoms with van der Waals surface area (Å²) < 4.78 is 34.1. The normalized spacial score (nSPS) is 12.2. The van der Waals surface area contributed by atoms with Crippen molar-refractivity contribution in [3.05, 3.63) is 52.9 Å². The maximum atomic E-state index is 12.4. The maximum Gasteiger partial charge on any atom is 0.387 e. The van der Waals surface area contributed by atoms with Crippen molar-refractivity contribution in [3.8, 4) is 5.75 Å². The van der Waals surface area contributed by atoms with Crippen LogP contribution in [-0.2, 0) is 0 Å². The van der Waals surface area contributed by atoms with Gasteiger partial charge in [0, 0.05) is 5.56 Å². The van der Waals surface area contributed by atoms with Crippen LogP contribution in [0.3, 0.4) is 0 Å². The summed E-state index contributed by atoms with van der Waals surface area (Å²) in [6, 6.07) is 8.56. The molecule has 1 amide bonds. The fraction of sp³-hybridized carbons (Fsp3) is 0.214. The summed E-state index contributed by atoms with van der Waals surface area (Å²) in [7, 11) is 0.